The summed E-state index contributed by atoms with van der Waals surface area (Å²) in [6.07, 6.45) is 4.19. The maximum atomic E-state index is 14.4. The SMILES string of the molecule is Cc1cccc(OCCCC(=O)Nc2ccc(-n3ccnc3C)c(F)c2)c1. The van der Waals surface area contributed by atoms with Gasteiger partial charge in [-0.05, 0) is 56.2 Å². The average molecular weight is 367 g/mol. The smallest absolute Gasteiger partial charge is 0.224 e. The summed E-state index contributed by atoms with van der Waals surface area (Å²) < 4.78 is 21.6. The second-order valence-electron chi connectivity index (χ2n) is 6.33. The molecule has 1 N–H and O–H groups in total. The summed E-state index contributed by atoms with van der Waals surface area (Å²) in [4.78, 5) is 16.1. The van der Waals surface area contributed by atoms with E-state index in [0.29, 0.717) is 36.6 Å². The number of aromatic nitrogens is 2. The van der Waals surface area contributed by atoms with Crippen LogP contribution >= 0.6 is 0 Å². The summed E-state index contributed by atoms with van der Waals surface area (Å²) in [7, 11) is 0. The van der Waals surface area contributed by atoms with Crippen LogP contribution in [0.15, 0.2) is 54.9 Å². The molecule has 0 bridgehead atoms. The van der Waals surface area contributed by atoms with Gasteiger partial charge in [-0.2, -0.15) is 0 Å². The molecule has 0 aliphatic heterocycles. The van der Waals surface area contributed by atoms with Gasteiger partial charge in [-0.3, -0.25) is 4.79 Å². The predicted octanol–water partition coefficient (Wildman–Crippen LogP) is 4.43. The highest BCUT2D eigenvalue weighted by Crippen LogP contribution is 2.20. The van der Waals surface area contributed by atoms with E-state index >= 15 is 0 Å². The van der Waals surface area contributed by atoms with E-state index in [-0.39, 0.29) is 5.91 Å². The Morgan fingerprint density at radius 2 is 2.07 bits per heavy atom. The van der Waals surface area contributed by atoms with Gasteiger partial charge in [0.15, 0.2) is 0 Å². The molecule has 0 unspecified atom stereocenters. The largest absolute Gasteiger partial charge is 0.494 e. The average Bonchev–Trinajstić information content (AvgIpc) is 3.05. The first kappa shape index (κ1) is 18.6. The van der Waals surface area contributed by atoms with E-state index in [4.69, 9.17) is 4.74 Å². The maximum absolute atomic E-state index is 14.4. The molecular weight excluding hydrogens is 345 g/mol. The first-order chi connectivity index (χ1) is 13.0. The highest BCUT2D eigenvalue weighted by Gasteiger charge is 2.09. The Morgan fingerprint density at radius 1 is 1.22 bits per heavy atom. The standard InChI is InChI=1S/C21H22FN3O2/c1-15-5-3-6-18(13-15)27-12-4-7-21(26)24-17-8-9-20(19(22)14-17)25-11-10-23-16(25)2/h3,5-6,8-11,13-14H,4,7,12H2,1-2H3,(H,24,26). The number of amides is 1. The molecule has 1 heterocycles. The number of halogens is 1. The molecule has 0 aliphatic rings. The molecule has 0 radical (unpaired) electrons. The van der Waals surface area contributed by atoms with Crippen LogP contribution in [-0.2, 0) is 4.79 Å². The fraction of sp³-hybridized carbons (Fsp3) is 0.238. The first-order valence-electron chi connectivity index (χ1n) is 8.82. The van der Waals surface area contributed by atoms with Gasteiger partial charge < -0.3 is 14.6 Å². The Kier molecular flexibility index (Phi) is 5.86. The van der Waals surface area contributed by atoms with Gasteiger partial charge in [0.25, 0.3) is 0 Å². The molecule has 0 spiro atoms. The monoisotopic (exact) mass is 367 g/mol. The van der Waals surface area contributed by atoms with Crippen LogP contribution < -0.4 is 10.1 Å². The molecule has 2 aromatic carbocycles. The van der Waals surface area contributed by atoms with Gasteiger partial charge in [-0.15, -0.1) is 0 Å². The van der Waals surface area contributed by atoms with Crippen molar-refractivity contribution in [3.05, 3.63) is 72.1 Å². The molecule has 0 fully saturated rings. The fourth-order valence-electron chi connectivity index (χ4n) is 2.76. The number of hydrogen-bond donors (Lipinski definition) is 1. The number of anilines is 1. The molecule has 3 aromatic rings. The molecular formula is C21H22FN3O2. The number of rotatable bonds is 7. The number of imidazole rings is 1. The molecule has 6 heteroatoms. The van der Waals surface area contributed by atoms with Crippen LogP contribution in [0.4, 0.5) is 10.1 Å². The van der Waals surface area contributed by atoms with E-state index in [2.05, 4.69) is 10.3 Å². The topological polar surface area (TPSA) is 56.1 Å². The lowest BCUT2D eigenvalue weighted by Crippen LogP contribution is -2.13. The van der Waals surface area contributed by atoms with E-state index < -0.39 is 5.82 Å². The van der Waals surface area contributed by atoms with Crippen molar-refractivity contribution in [2.75, 3.05) is 11.9 Å². The number of aryl methyl sites for hydroxylation is 2. The molecule has 3 rings (SSSR count). The van der Waals surface area contributed by atoms with Crippen LogP contribution in [0, 0.1) is 19.7 Å². The zero-order chi connectivity index (χ0) is 19.2. The Labute approximate surface area is 157 Å². The van der Waals surface area contributed by atoms with Crippen molar-refractivity contribution in [2.24, 2.45) is 0 Å². The third-order valence-electron chi connectivity index (χ3n) is 4.12. The van der Waals surface area contributed by atoms with Crippen molar-refractivity contribution < 1.29 is 13.9 Å². The summed E-state index contributed by atoms with van der Waals surface area (Å²) >= 11 is 0. The van der Waals surface area contributed by atoms with Crippen LogP contribution in [0.1, 0.15) is 24.2 Å². The molecule has 27 heavy (non-hydrogen) atoms. The summed E-state index contributed by atoms with van der Waals surface area (Å²) in [5.41, 5.74) is 1.95. The van der Waals surface area contributed by atoms with Crippen molar-refractivity contribution in [1.29, 1.82) is 0 Å². The fourth-order valence-corrected chi connectivity index (χ4v) is 2.76. The van der Waals surface area contributed by atoms with Gasteiger partial charge in [0, 0.05) is 24.5 Å². The predicted molar refractivity (Wildman–Crippen MR) is 103 cm³/mol. The van der Waals surface area contributed by atoms with E-state index in [9.17, 15) is 9.18 Å². The van der Waals surface area contributed by atoms with Gasteiger partial charge in [-0.1, -0.05) is 12.1 Å². The Balaban J connectivity index is 1.49. The number of carbonyl (C=O) groups excluding carboxylic acids is 1. The number of hydrogen-bond acceptors (Lipinski definition) is 3. The molecule has 1 aromatic heterocycles. The minimum atomic E-state index is -0.420. The molecule has 0 saturated carbocycles. The van der Waals surface area contributed by atoms with Gasteiger partial charge >= 0.3 is 0 Å². The molecule has 0 saturated heterocycles. The third-order valence-corrected chi connectivity index (χ3v) is 4.12. The van der Waals surface area contributed by atoms with Crippen molar-refractivity contribution in [3.63, 3.8) is 0 Å². The number of benzene rings is 2. The van der Waals surface area contributed by atoms with Gasteiger partial charge in [0.05, 0.1) is 12.3 Å². The molecule has 0 aliphatic carbocycles. The van der Waals surface area contributed by atoms with Crippen molar-refractivity contribution in [2.45, 2.75) is 26.7 Å². The second-order valence-corrected chi connectivity index (χ2v) is 6.33. The molecule has 1 amide bonds. The molecule has 5 nitrogen and oxygen atoms in total. The minimum Gasteiger partial charge on any atom is -0.494 e. The molecule has 140 valence electrons. The zero-order valence-corrected chi connectivity index (χ0v) is 15.4. The van der Waals surface area contributed by atoms with E-state index in [1.54, 1.807) is 36.0 Å². The van der Waals surface area contributed by atoms with E-state index in [0.717, 1.165) is 11.3 Å². The van der Waals surface area contributed by atoms with Crippen molar-refractivity contribution >= 4 is 11.6 Å². The summed E-state index contributed by atoms with van der Waals surface area (Å²) in [5, 5.41) is 2.72. The number of carbonyl (C=O) groups is 1. The van der Waals surface area contributed by atoms with Gasteiger partial charge in [0.2, 0.25) is 5.91 Å². The van der Waals surface area contributed by atoms with Crippen LogP contribution in [0.25, 0.3) is 5.69 Å². The zero-order valence-electron chi connectivity index (χ0n) is 15.4. The van der Waals surface area contributed by atoms with Gasteiger partial charge in [0.1, 0.15) is 17.4 Å². The third kappa shape index (κ3) is 4.94. The number of nitrogens with one attached hydrogen (secondary N) is 1. The first-order valence-corrected chi connectivity index (χ1v) is 8.82. The lowest BCUT2D eigenvalue weighted by atomic mass is 10.2. The molecule has 0 atom stereocenters. The normalized spacial score (nSPS) is 10.6. The quantitative estimate of drug-likeness (QED) is 0.629. The van der Waals surface area contributed by atoms with Gasteiger partial charge in [-0.25, -0.2) is 9.37 Å². The van der Waals surface area contributed by atoms with E-state index in [1.165, 1.54) is 6.07 Å². The Bertz CT molecular complexity index is 937. The second kappa shape index (κ2) is 8.49. The maximum Gasteiger partial charge on any atom is 0.224 e. The van der Waals surface area contributed by atoms with Crippen LogP contribution in [0.3, 0.4) is 0 Å². The highest BCUT2D eigenvalue weighted by atomic mass is 19.1. The van der Waals surface area contributed by atoms with Crippen LogP contribution in [-0.4, -0.2) is 22.1 Å². The lowest BCUT2D eigenvalue weighted by Gasteiger charge is -2.10. The summed E-state index contributed by atoms with van der Waals surface area (Å²) in [5.74, 6) is 0.896. The minimum absolute atomic E-state index is 0.172. The van der Waals surface area contributed by atoms with Crippen molar-refractivity contribution in [3.8, 4) is 11.4 Å². The van der Waals surface area contributed by atoms with Crippen molar-refractivity contribution in [1.82, 2.24) is 9.55 Å². The summed E-state index contributed by atoms with van der Waals surface area (Å²) in [6, 6.07) is 12.4. The van der Waals surface area contributed by atoms with Crippen LogP contribution in [0.5, 0.6) is 5.75 Å². The van der Waals surface area contributed by atoms with E-state index in [1.807, 2.05) is 31.2 Å². The van der Waals surface area contributed by atoms with Crippen LogP contribution in [0.2, 0.25) is 0 Å². The summed E-state index contributed by atoms with van der Waals surface area (Å²) in [6.45, 7) is 4.25. The Hall–Kier alpha value is -3.15. The number of nitrogens with zero attached hydrogens (tertiary/aromatic N) is 2. The highest BCUT2D eigenvalue weighted by molar-refractivity contribution is 5.90. The Morgan fingerprint density at radius 3 is 2.78 bits per heavy atom. The number of ether oxygens (including phenoxy) is 1. The lowest BCUT2D eigenvalue weighted by molar-refractivity contribution is -0.116.